The number of hydrogen-bond acceptors (Lipinski definition) is 4. The molecule has 1 aliphatic rings. The van der Waals surface area contributed by atoms with Crippen molar-refractivity contribution in [3.8, 4) is 5.75 Å². The van der Waals surface area contributed by atoms with E-state index in [1.807, 2.05) is 19.1 Å². The maximum absolute atomic E-state index is 11.4. The Bertz CT molecular complexity index is 454. The maximum atomic E-state index is 11.4. The van der Waals surface area contributed by atoms with E-state index >= 15 is 0 Å². The van der Waals surface area contributed by atoms with Crippen molar-refractivity contribution in [1.82, 2.24) is 5.32 Å². The van der Waals surface area contributed by atoms with Crippen LogP contribution in [0.5, 0.6) is 5.75 Å². The predicted molar refractivity (Wildman–Crippen MR) is 76.3 cm³/mol. The number of benzene rings is 1. The summed E-state index contributed by atoms with van der Waals surface area (Å²) in [5, 5.41) is 3.77. The fraction of sp³-hybridized carbons (Fsp3) is 0.462. The number of ether oxygens (including phenoxy) is 2. The standard InChI is InChI=1S/C13H16ClNO3.ClH/c1-8-5-9(14)3-4-12(8)18-10-6-11(15-7-10)13(16)17-2;/h3-5,10-11,15H,6-7H2,1-2H3;1H/t10-,11-;/m0./s1. The third-order valence-corrected chi connectivity index (χ3v) is 3.24. The lowest BCUT2D eigenvalue weighted by atomic mass is 10.2. The largest absolute Gasteiger partial charge is 0.489 e. The first-order valence-electron chi connectivity index (χ1n) is 5.84. The molecule has 1 aromatic rings. The smallest absolute Gasteiger partial charge is 0.323 e. The summed E-state index contributed by atoms with van der Waals surface area (Å²) >= 11 is 5.89. The van der Waals surface area contributed by atoms with Crippen molar-refractivity contribution in [2.75, 3.05) is 13.7 Å². The van der Waals surface area contributed by atoms with Gasteiger partial charge in [-0.15, -0.1) is 12.4 Å². The van der Waals surface area contributed by atoms with E-state index in [0.717, 1.165) is 11.3 Å². The lowest BCUT2D eigenvalue weighted by Crippen LogP contribution is -2.31. The Hall–Kier alpha value is -0.970. The van der Waals surface area contributed by atoms with Crippen LogP contribution in [0.15, 0.2) is 18.2 Å². The highest BCUT2D eigenvalue weighted by molar-refractivity contribution is 6.30. The average molecular weight is 306 g/mol. The first-order chi connectivity index (χ1) is 8.60. The minimum Gasteiger partial charge on any atom is -0.489 e. The predicted octanol–water partition coefficient (Wildman–Crippen LogP) is 2.35. The first kappa shape index (κ1) is 16.1. The Morgan fingerprint density at radius 2 is 2.21 bits per heavy atom. The molecule has 1 aliphatic heterocycles. The van der Waals surface area contributed by atoms with E-state index in [-0.39, 0.29) is 30.5 Å². The first-order valence-corrected chi connectivity index (χ1v) is 6.22. The van der Waals surface area contributed by atoms with Gasteiger partial charge in [-0.1, -0.05) is 11.6 Å². The maximum Gasteiger partial charge on any atom is 0.323 e. The van der Waals surface area contributed by atoms with E-state index in [0.29, 0.717) is 18.0 Å². The van der Waals surface area contributed by atoms with E-state index in [1.54, 1.807) is 6.07 Å². The molecule has 1 aromatic carbocycles. The van der Waals surface area contributed by atoms with E-state index in [4.69, 9.17) is 21.1 Å². The third kappa shape index (κ3) is 4.00. The number of carbonyl (C=O) groups is 1. The monoisotopic (exact) mass is 305 g/mol. The zero-order valence-electron chi connectivity index (χ0n) is 10.8. The van der Waals surface area contributed by atoms with Crippen molar-refractivity contribution >= 4 is 30.0 Å². The molecule has 0 spiro atoms. The molecule has 2 atom stereocenters. The molecule has 1 saturated heterocycles. The third-order valence-electron chi connectivity index (χ3n) is 3.01. The topological polar surface area (TPSA) is 47.6 Å². The second-order valence-electron chi connectivity index (χ2n) is 4.37. The summed E-state index contributed by atoms with van der Waals surface area (Å²) in [5.74, 6) is 0.561. The summed E-state index contributed by atoms with van der Waals surface area (Å²) in [5.41, 5.74) is 0.990. The summed E-state index contributed by atoms with van der Waals surface area (Å²) in [6.07, 6.45) is 0.600. The van der Waals surface area contributed by atoms with Gasteiger partial charge in [-0.25, -0.2) is 0 Å². The highest BCUT2D eigenvalue weighted by Gasteiger charge is 2.31. The highest BCUT2D eigenvalue weighted by atomic mass is 35.5. The summed E-state index contributed by atoms with van der Waals surface area (Å²) in [6.45, 7) is 2.59. The molecular formula is C13H17Cl2NO3. The van der Waals surface area contributed by atoms with Gasteiger partial charge in [0.1, 0.15) is 17.9 Å². The molecule has 19 heavy (non-hydrogen) atoms. The lowest BCUT2D eigenvalue weighted by Gasteiger charge is -2.14. The van der Waals surface area contributed by atoms with Gasteiger partial charge in [0.05, 0.1) is 7.11 Å². The number of aryl methyl sites for hydroxylation is 1. The van der Waals surface area contributed by atoms with Gasteiger partial charge < -0.3 is 14.8 Å². The molecule has 106 valence electrons. The van der Waals surface area contributed by atoms with Gasteiger partial charge in [-0.2, -0.15) is 0 Å². The van der Waals surface area contributed by atoms with Crippen LogP contribution in [-0.4, -0.2) is 31.8 Å². The van der Waals surface area contributed by atoms with Crippen molar-refractivity contribution in [1.29, 1.82) is 0 Å². The lowest BCUT2D eigenvalue weighted by molar-refractivity contribution is -0.142. The average Bonchev–Trinajstić information content (AvgIpc) is 2.80. The molecule has 4 nitrogen and oxygen atoms in total. The summed E-state index contributed by atoms with van der Waals surface area (Å²) in [6, 6.07) is 5.23. The number of nitrogens with one attached hydrogen (secondary N) is 1. The Labute approximate surface area is 123 Å². The fourth-order valence-corrected chi connectivity index (χ4v) is 2.27. The molecule has 2 rings (SSSR count). The second kappa shape index (κ2) is 6.98. The van der Waals surface area contributed by atoms with Crippen molar-refractivity contribution < 1.29 is 14.3 Å². The summed E-state index contributed by atoms with van der Waals surface area (Å²) in [4.78, 5) is 11.4. The number of hydrogen-bond donors (Lipinski definition) is 1. The Morgan fingerprint density at radius 1 is 1.47 bits per heavy atom. The van der Waals surface area contributed by atoms with Gasteiger partial charge in [0.25, 0.3) is 0 Å². The normalized spacial score (nSPS) is 21.6. The van der Waals surface area contributed by atoms with Crippen LogP contribution in [0.1, 0.15) is 12.0 Å². The van der Waals surface area contributed by atoms with Crippen LogP contribution in [0.3, 0.4) is 0 Å². The highest BCUT2D eigenvalue weighted by Crippen LogP contribution is 2.24. The zero-order valence-corrected chi connectivity index (χ0v) is 12.4. The van der Waals surface area contributed by atoms with Gasteiger partial charge in [0.15, 0.2) is 0 Å². The van der Waals surface area contributed by atoms with Crippen molar-refractivity contribution in [2.24, 2.45) is 0 Å². The minimum absolute atomic E-state index is 0. The molecule has 1 fully saturated rings. The molecule has 6 heteroatoms. The number of halogens is 2. The molecule has 0 amide bonds. The van der Waals surface area contributed by atoms with Gasteiger partial charge in [-0.3, -0.25) is 4.79 Å². The number of carbonyl (C=O) groups excluding carboxylic acids is 1. The van der Waals surface area contributed by atoms with Crippen LogP contribution in [0.2, 0.25) is 5.02 Å². The molecule has 0 aromatic heterocycles. The second-order valence-corrected chi connectivity index (χ2v) is 4.81. The number of rotatable bonds is 3. The zero-order chi connectivity index (χ0) is 13.1. The summed E-state index contributed by atoms with van der Waals surface area (Å²) < 4.78 is 10.6. The summed E-state index contributed by atoms with van der Waals surface area (Å²) in [7, 11) is 1.39. The number of esters is 1. The molecule has 0 saturated carbocycles. The van der Waals surface area contributed by atoms with Crippen LogP contribution >= 0.6 is 24.0 Å². The molecule has 1 heterocycles. The molecule has 0 unspecified atom stereocenters. The molecule has 0 aliphatic carbocycles. The van der Waals surface area contributed by atoms with Crippen molar-refractivity contribution in [3.05, 3.63) is 28.8 Å². The SMILES string of the molecule is COC(=O)[C@@H]1C[C@H](Oc2ccc(Cl)cc2C)CN1.Cl. The van der Waals surface area contributed by atoms with Gasteiger partial charge >= 0.3 is 5.97 Å². The van der Waals surface area contributed by atoms with Crippen molar-refractivity contribution in [3.63, 3.8) is 0 Å². The fourth-order valence-electron chi connectivity index (χ4n) is 2.04. The van der Waals surface area contributed by atoms with Gasteiger partial charge in [0, 0.05) is 18.0 Å². The minimum atomic E-state index is -0.271. The Balaban J connectivity index is 0.00000180. The van der Waals surface area contributed by atoms with Crippen LogP contribution in [0.25, 0.3) is 0 Å². The van der Waals surface area contributed by atoms with Crippen molar-refractivity contribution in [2.45, 2.75) is 25.5 Å². The van der Waals surface area contributed by atoms with E-state index < -0.39 is 0 Å². The van der Waals surface area contributed by atoms with Crippen LogP contribution in [0, 0.1) is 6.92 Å². The van der Waals surface area contributed by atoms with E-state index in [2.05, 4.69) is 5.32 Å². The molecule has 0 bridgehead atoms. The van der Waals surface area contributed by atoms with Gasteiger partial charge in [0.2, 0.25) is 0 Å². The Kier molecular flexibility index (Phi) is 5.91. The quantitative estimate of drug-likeness (QED) is 0.871. The van der Waals surface area contributed by atoms with Crippen LogP contribution in [0.4, 0.5) is 0 Å². The molecule has 0 radical (unpaired) electrons. The molecular weight excluding hydrogens is 289 g/mol. The van der Waals surface area contributed by atoms with Gasteiger partial charge in [-0.05, 0) is 30.7 Å². The van der Waals surface area contributed by atoms with Crippen LogP contribution < -0.4 is 10.1 Å². The van der Waals surface area contributed by atoms with Crippen LogP contribution in [-0.2, 0) is 9.53 Å². The molecule has 1 N–H and O–H groups in total. The van der Waals surface area contributed by atoms with E-state index in [1.165, 1.54) is 7.11 Å². The Morgan fingerprint density at radius 3 is 2.84 bits per heavy atom. The van der Waals surface area contributed by atoms with E-state index in [9.17, 15) is 4.79 Å². The number of methoxy groups -OCH3 is 1.